The molecule has 0 nitrogen and oxygen atoms in total. The van der Waals surface area contributed by atoms with Crippen molar-refractivity contribution in [2.75, 3.05) is 0 Å². The molecular weight excluding hydrogens is 185 g/mol. The second kappa shape index (κ2) is 2.59. The fourth-order valence-corrected chi connectivity index (χ4v) is 1.48. The summed E-state index contributed by atoms with van der Waals surface area (Å²) in [7, 11) is 0. The zero-order valence-electron chi connectivity index (χ0n) is 4.92. The molecule has 0 atom stereocenters. The van der Waals surface area contributed by atoms with Crippen LogP contribution in [-0.2, 0) is 18.3 Å². The van der Waals surface area contributed by atoms with Crippen LogP contribution in [0.2, 0.25) is 0 Å². The van der Waals surface area contributed by atoms with E-state index in [9.17, 15) is 0 Å². The molecule has 0 aliphatic heterocycles. The van der Waals surface area contributed by atoms with Crippen molar-refractivity contribution >= 4 is 0 Å². The van der Waals surface area contributed by atoms with Gasteiger partial charge in [0, 0.05) is 0 Å². The summed E-state index contributed by atoms with van der Waals surface area (Å²) in [4.78, 5) is 0. The van der Waals surface area contributed by atoms with Crippen molar-refractivity contribution in [1.29, 1.82) is 0 Å². The molecule has 0 spiro atoms. The molecule has 1 aliphatic rings. The molecule has 0 saturated heterocycles. The third-order valence-corrected chi connectivity index (χ3v) is 2.25. The van der Waals surface area contributed by atoms with E-state index in [-0.39, 0.29) is 0 Å². The summed E-state index contributed by atoms with van der Waals surface area (Å²) in [6.45, 7) is 2.19. The molecule has 1 heteroatoms. The zero-order chi connectivity index (χ0) is 5.98. The van der Waals surface area contributed by atoms with Gasteiger partial charge in [0.25, 0.3) is 0 Å². The standard InChI is InChI=1S/C7H9.Ru/c1-2-7-5-3-4-6-7;/h3,5H,2,4H2,1H3;. The Kier molecular flexibility index (Phi) is 2.02. The molecule has 0 saturated carbocycles. The minimum atomic E-state index is 1.15. The van der Waals surface area contributed by atoms with Gasteiger partial charge < -0.3 is 0 Å². The quantitative estimate of drug-likeness (QED) is 0.561. The van der Waals surface area contributed by atoms with Gasteiger partial charge in [-0.2, -0.15) is 0 Å². The Morgan fingerprint density at radius 2 is 2.50 bits per heavy atom. The van der Waals surface area contributed by atoms with Crippen LogP contribution in [0.3, 0.4) is 0 Å². The number of hydrogen-bond acceptors (Lipinski definition) is 0. The van der Waals surface area contributed by atoms with Gasteiger partial charge in [-0.3, -0.25) is 0 Å². The van der Waals surface area contributed by atoms with E-state index in [1.165, 1.54) is 16.2 Å². The third-order valence-electron chi connectivity index (χ3n) is 1.33. The van der Waals surface area contributed by atoms with Crippen LogP contribution in [0.1, 0.15) is 19.8 Å². The van der Waals surface area contributed by atoms with Crippen molar-refractivity contribution in [2.24, 2.45) is 0 Å². The van der Waals surface area contributed by atoms with Gasteiger partial charge >= 0.3 is 60.0 Å². The molecule has 8 heavy (non-hydrogen) atoms. The Morgan fingerprint density at radius 1 is 1.75 bits per heavy atom. The summed E-state index contributed by atoms with van der Waals surface area (Å²) in [5.74, 6) is 0. The van der Waals surface area contributed by atoms with Crippen LogP contribution in [0.25, 0.3) is 0 Å². The van der Waals surface area contributed by atoms with E-state index in [1.807, 2.05) is 0 Å². The number of allylic oxidation sites excluding steroid dienone is 4. The Hall–Kier alpha value is 0.103. The van der Waals surface area contributed by atoms with Crippen molar-refractivity contribution < 1.29 is 18.3 Å². The monoisotopic (exact) mass is 195 g/mol. The van der Waals surface area contributed by atoms with Crippen LogP contribution < -0.4 is 0 Å². The molecule has 0 aromatic rings. The maximum absolute atomic E-state index is 2.68. The van der Waals surface area contributed by atoms with Crippen molar-refractivity contribution in [2.45, 2.75) is 19.8 Å². The Labute approximate surface area is 60.3 Å². The third kappa shape index (κ3) is 1.09. The maximum atomic E-state index is 2.68. The summed E-state index contributed by atoms with van der Waals surface area (Å²) in [5.41, 5.74) is 1.50. The van der Waals surface area contributed by atoms with Gasteiger partial charge in [0.2, 0.25) is 0 Å². The van der Waals surface area contributed by atoms with Crippen molar-refractivity contribution in [1.82, 2.24) is 0 Å². The minimum absolute atomic E-state index is 1.15. The van der Waals surface area contributed by atoms with E-state index in [0.717, 1.165) is 6.42 Å². The molecule has 1 aliphatic carbocycles. The molecule has 0 radical (unpaired) electrons. The summed E-state index contributed by atoms with van der Waals surface area (Å²) in [5, 5.41) is 0. The molecule has 0 N–H and O–H groups in total. The molecule has 0 fully saturated rings. The Balaban J connectivity index is 2.70. The average Bonchev–Trinajstić information content (AvgIpc) is 2.14. The Morgan fingerprint density at radius 3 is 2.75 bits per heavy atom. The predicted octanol–water partition coefficient (Wildman–Crippen LogP) is 2.16. The van der Waals surface area contributed by atoms with Gasteiger partial charge in [0.05, 0.1) is 0 Å². The van der Waals surface area contributed by atoms with Crippen molar-refractivity contribution in [3.63, 3.8) is 0 Å². The van der Waals surface area contributed by atoms with Gasteiger partial charge in [0.15, 0.2) is 0 Å². The molecule has 0 unspecified atom stereocenters. The number of hydrogen-bond donors (Lipinski definition) is 0. The molecule has 0 aromatic heterocycles. The second-order valence-corrected chi connectivity index (χ2v) is 2.92. The SMILES string of the molecule is CCC1=[C]([Ru])CC=C1. The van der Waals surface area contributed by atoms with Crippen molar-refractivity contribution in [3.05, 3.63) is 21.9 Å². The van der Waals surface area contributed by atoms with E-state index < -0.39 is 0 Å². The molecule has 0 amide bonds. The number of rotatable bonds is 1. The van der Waals surface area contributed by atoms with E-state index >= 15 is 0 Å². The fraction of sp³-hybridized carbons (Fsp3) is 0.429. The molecular formula is C7H9Ru. The van der Waals surface area contributed by atoms with Crippen LogP contribution >= 0.6 is 0 Å². The average molecular weight is 194 g/mol. The predicted molar refractivity (Wildman–Crippen MR) is 31.1 cm³/mol. The van der Waals surface area contributed by atoms with Gasteiger partial charge in [-0.05, 0) is 0 Å². The van der Waals surface area contributed by atoms with E-state index in [2.05, 4.69) is 37.4 Å². The van der Waals surface area contributed by atoms with Crippen LogP contribution in [-0.4, -0.2) is 0 Å². The summed E-state index contributed by atoms with van der Waals surface area (Å²) >= 11 is 2.68. The topological polar surface area (TPSA) is 0 Å². The summed E-state index contributed by atoms with van der Waals surface area (Å²) in [6, 6.07) is 0. The molecule has 0 bridgehead atoms. The van der Waals surface area contributed by atoms with Gasteiger partial charge in [0.1, 0.15) is 0 Å². The van der Waals surface area contributed by atoms with Gasteiger partial charge in [-0.25, -0.2) is 0 Å². The van der Waals surface area contributed by atoms with E-state index in [1.54, 1.807) is 0 Å². The first kappa shape index (κ1) is 6.23. The fourth-order valence-electron chi connectivity index (χ4n) is 0.827. The molecule has 0 heterocycles. The van der Waals surface area contributed by atoms with Gasteiger partial charge in [-0.1, -0.05) is 0 Å². The second-order valence-electron chi connectivity index (χ2n) is 1.88. The van der Waals surface area contributed by atoms with Crippen molar-refractivity contribution in [3.8, 4) is 0 Å². The van der Waals surface area contributed by atoms with Crippen LogP contribution in [0.5, 0.6) is 0 Å². The van der Waals surface area contributed by atoms with Crippen LogP contribution in [0.4, 0.5) is 0 Å². The zero-order valence-corrected chi connectivity index (χ0v) is 6.66. The van der Waals surface area contributed by atoms with Crippen LogP contribution in [0, 0.1) is 0 Å². The summed E-state index contributed by atoms with van der Waals surface area (Å²) < 4.78 is 1.48. The Bertz CT molecular complexity index is 142. The molecule has 1 rings (SSSR count). The van der Waals surface area contributed by atoms with E-state index in [0.29, 0.717) is 0 Å². The first-order valence-electron chi connectivity index (χ1n) is 2.87. The van der Waals surface area contributed by atoms with Crippen LogP contribution in [0.15, 0.2) is 21.9 Å². The van der Waals surface area contributed by atoms with E-state index in [4.69, 9.17) is 0 Å². The molecule has 0 aromatic carbocycles. The first-order chi connectivity index (χ1) is 3.84. The first-order valence-corrected chi connectivity index (χ1v) is 3.74. The molecule has 45 valence electrons. The summed E-state index contributed by atoms with van der Waals surface area (Å²) in [6.07, 6.45) is 6.76. The normalized spacial score (nSPS) is 18.2. The van der Waals surface area contributed by atoms with Gasteiger partial charge in [-0.15, -0.1) is 0 Å².